The number of anilines is 2. The molecule has 0 aliphatic carbocycles. The van der Waals surface area contributed by atoms with E-state index in [-0.39, 0.29) is 17.0 Å². The van der Waals surface area contributed by atoms with Gasteiger partial charge in [-0.1, -0.05) is 19.4 Å². The van der Waals surface area contributed by atoms with Crippen molar-refractivity contribution in [3.05, 3.63) is 42.0 Å². The van der Waals surface area contributed by atoms with E-state index >= 15 is 0 Å². The predicted octanol–water partition coefficient (Wildman–Crippen LogP) is 2.62. The third kappa shape index (κ3) is 4.87. The number of rotatable bonds is 8. The average molecular weight is 379 g/mol. The molecule has 2 aromatic carbocycles. The highest BCUT2D eigenvalue weighted by Crippen LogP contribution is 2.37. The molecule has 0 atom stereocenters. The number of sulfonamides is 1. The summed E-state index contributed by atoms with van der Waals surface area (Å²) in [7, 11) is -4.23. The van der Waals surface area contributed by atoms with Crippen molar-refractivity contribution in [2.75, 3.05) is 17.6 Å². The van der Waals surface area contributed by atoms with Crippen molar-refractivity contribution in [2.45, 2.75) is 24.7 Å². The lowest BCUT2D eigenvalue weighted by molar-refractivity contribution is 0.0696. The van der Waals surface area contributed by atoms with Gasteiger partial charge in [-0.2, -0.15) is 0 Å². The number of benzene rings is 2. The fourth-order valence-electron chi connectivity index (χ4n) is 2.27. The van der Waals surface area contributed by atoms with Crippen LogP contribution in [0.1, 0.15) is 30.1 Å². The van der Waals surface area contributed by atoms with Crippen molar-refractivity contribution in [2.24, 2.45) is 5.14 Å². The molecular weight excluding hydrogens is 358 g/mol. The molecular formula is C17H21N3O5S. The van der Waals surface area contributed by atoms with Gasteiger partial charge in [-0.15, -0.1) is 0 Å². The molecule has 0 unspecified atom stereocenters. The molecule has 0 saturated heterocycles. The summed E-state index contributed by atoms with van der Waals surface area (Å²) in [6, 6.07) is 8.72. The minimum absolute atomic E-state index is 0.0702. The third-order valence-corrected chi connectivity index (χ3v) is 4.45. The van der Waals surface area contributed by atoms with Crippen LogP contribution in [-0.4, -0.2) is 26.0 Å². The summed E-state index contributed by atoms with van der Waals surface area (Å²) in [5.41, 5.74) is 6.16. The SMILES string of the molecule is CCCCNc1cc(C(=O)O)cc(S(N)(=O)=O)c1Oc1cccc(N)c1. The van der Waals surface area contributed by atoms with Crippen molar-refractivity contribution in [1.29, 1.82) is 0 Å². The fraction of sp³-hybridized carbons (Fsp3) is 0.235. The van der Waals surface area contributed by atoms with Crippen molar-refractivity contribution < 1.29 is 23.1 Å². The largest absolute Gasteiger partial charge is 0.478 e. The molecule has 0 radical (unpaired) electrons. The summed E-state index contributed by atoms with van der Waals surface area (Å²) < 4.78 is 29.8. The van der Waals surface area contributed by atoms with E-state index in [9.17, 15) is 18.3 Å². The summed E-state index contributed by atoms with van der Waals surface area (Å²) in [5, 5.41) is 17.6. The zero-order valence-corrected chi connectivity index (χ0v) is 15.0. The monoisotopic (exact) mass is 379 g/mol. The van der Waals surface area contributed by atoms with Gasteiger partial charge >= 0.3 is 5.97 Å². The zero-order chi connectivity index (χ0) is 19.3. The van der Waals surface area contributed by atoms with Gasteiger partial charge in [0, 0.05) is 18.3 Å². The molecule has 9 heteroatoms. The average Bonchev–Trinajstić information content (AvgIpc) is 2.55. The van der Waals surface area contributed by atoms with Crippen LogP contribution in [0.3, 0.4) is 0 Å². The molecule has 0 aliphatic rings. The van der Waals surface area contributed by atoms with Gasteiger partial charge in [-0.05, 0) is 30.7 Å². The van der Waals surface area contributed by atoms with Crippen LogP contribution in [0.2, 0.25) is 0 Å². The third-order valence-electron chi connectivity index (χ3n) is 3.53. The van der Waals surface area contributed by atoms with E-state index in [1.165, 1.54) is 12.1 Å². The predicted molar refractivity (Wildman–Crippen MR) is 99.1 cm³/mol. The summed E-state index contributed by atoms with van der Waals surface area (Å²) >= 11 is 0. The molecule has 0 fully saturated rings. The Kier molecular flexibility index (Phi) is 6.06. The van der Waals surface area contributed by atoms with Crippen molar-refractivity contribution in [3.63, 3.8) is 0 Å². The molecule has 140 valence electrons. The quantitative estimate of drug-likeness (QED) is 0.407. The van der Waals surface area contributed by atoms with E-state index in [4.69, 9.17) is 15.6 Å². The first kappa shape index (κ1) is 19.5. The van der Waals surface area contributed by atoms with Crippen LogP contribution < -0.4 is 20.9 Å². The summed E-state index contributed by atoms with van der Waals surface area (Å²) in [6.07, 6.45) is 1.71. The number of nitrogens with two attached hydrogens (primary N) is 2. The van der Waals surface area contributed by atoms with Crippen LogP contribution in [-0.2, 0) is 10.0 Å². The Balaban J connectivity index is 2.61. The molecule has 0 amide bonds. The lowest BCUT2D eigenvalue weighted by atomic mass is 10.1. The van der Waals surface area contributed by atoms with Crippen LogP contribution in [0, 0.1) is 0 Å². The van der Waals surface area contributed by atoms with Crippen LogP contribution in [0.4, 0.5) is 11.4 Å². The summed E-state index contributed by atoms with van der Waals surface area (Å²) in [4.78, 5) is 10.9. The standard InChI is InChI=1S/C17H21N3O5S/c1-2-3-7-20-14-8-11(17(21)22)9-15(26(19,23)24)16(14)25-13-6-4-5-12(18)10-13/h4-6,8-10,20H,2-3,7,18H2,1H3,(H,21,22)(H2,19,23,24). The van der Waals surface area contributed by atoms with Crippen LogP contribution in [0.5, 0.6) is 11.5 Å². The Morgan fingerprint density at radius 3 is 2.58 bits per heavy atom. The van der Waals surface area contributed by atoms with Gasteiger partial charge in [0.15, 0.2) is 5.75 Å². The number of hydrogen-bond donors (Lipinski definition) is 4. The van der Waals surface area contributed by atoms with Crippen LogP contribution >= 0.6 is 0 Å². The topological polar surface area (TPSA) is 145 Å². The lowest BCUT2D eigenvalue weighted by Gasteiger charge is -2.17. The molecule has 2 aromatic rings. The Morgan fingerprint density at radius 2 is 2.00 bits per heavy atom. The molecule has 0 aromatic heterocycles. The maximum absolute atomic E-state index is 12.0. The molecule has 26 heavy (non-hydrogen) atoms. The maximum Gasteiger partial charge on any atom is 0.335 e. The number of hydrogen-bond acceptors (Lipinski definition) is 6. The molecule has 6 N–H and O–H groups in total. The van der Waals surface area contributed by atoms with Gasteiger partial charge < -0.3 is 20.9 Å². The number of nitrogens with one attached hydrogen (secondary N) is 1. The molecule has 2 rings (SSSR count). The highest BCUT2D eigenvalue weighted by atomic mass is 32.2. The maximum atomic E-state index is 12.0. The van der Waals surface area contributed by atoms with Crippen molar-refractivity contribution in [1.82, 2.24) is 0 Å². The van der Waals surface area contributed by atoms with Gasteiger partial charge in [0.05, 0.1) is 11.3 Å². The Labute approximate surface area is 151 Å². The number of carboxylic acid groups (broad SMARTS) is 1. The minimum atomic E-state index is -4.23. The van der Waals surface area contributed by atoms with Gasteiger partial charge in [0.25, 0.3) is 0 Å². The van der Waals surface area contributed by atoms with Gasteiger partial charge in [-0.25, -0.2) is 18.4 Å². The number of carbonyl (C=O) groups is 1. The molecule has 0 aliphatic heterocycles. The molecule has 0 heterocycles. The highest BCUT2D eigenvalue weighted by Gasteiger charge is 2.23. The molecule has 8 nitrogen and oxygen atoms in total. The number of ether oxygens (including phenoxy) is 1. The Bertz CT molecular complexity index is 913. The van der Waals surface area contributed by atoms with E-state index in [0.29, 0.717) is 18.0 Å². The number of unbranched alkanes of at least 4 members (excludes halogenated alkanes) is 1. The van der Waals surface area contributed by atoms with Crippen molar-refractivity contribution >= 4 is 27.4 Å². The molecule has 0 spiro atoms. The lowest BCUT2D eigenvalue weighted by Crippen LogP contribution is -2.16. The molecule has 0 bridgehead atoms. The number of aromatic carboxylic acids is 1. The highest BCUT2D eigenvalue weighted by molar-refractivity contribution is 7.89. The first-order valence-electron chi connectivity index (χ1n) is 7.93. The first-order chi connectivity index (χ1) is 12.2. The first-order valence-corrected chi connectivity index (χ1v) is 9.48. The number of nitrogen functional groups attached to an aromatic ring is 1. The zero-order valence-electron chi connectivity index (χ0n) is 14.2. The van der Waals surface area contributed by atoms with Crippen LogP contribution in [0.15, 0.2) is 41.3 Å². The normalized spacial score (nSPS) is 11.2. The summed E-state index contributed by atoms with van der Waals surface area (Å²) in [6.45, 7) is 2.51. The number of carboxylic acids is 1. The van der Waals surface area contributed by atoms with Crippen molar-refractivity contribution in [3.8, 4) is 11.5 Å². The Morgan fingerprint density at radius 1 is 1.27 bits per heavy atom. The fourth-order valence-corrected chi connectivity index (χ4v) is 2.97. The van der Waals surface area contributed by atoms with E-state index in [0.717, 1.165) is 18.9 Å². The van der Waals surface area contributed by atoms with Crippen LogP contribution in [0.25, 0.3) is 0 Å². The smallest absolute Gasteiger partial charge is 0.335 e. The van der Waals surface area contributed by atoms with Gasteiger partial charge in [0.1, 0.15) is 10.6 Å². The summed E-state index contributed by atoms with van der Waals surface area (Å²) in [5.74, 6) is -1.04. The van der Waals surface area contributed by atoms with E-state index in [1.807, 2.05) is 6.92 Å². The molecule has 0 saturated carbocycles. The second-order valence-corrected chi connectivity index (χ2v) is 7.19. The van der Waals surface area contributed by atoms with E-state index in [1.54, 1.807) is 18.2 Å². The van der Waals surface area contributed by atoms with E-state index in [2.05, 4.69) is 5.32 Å². The Hall–Kier alpha value is -2.78. The minimum Gasteiger partial charge on any atom is -0.478 e. The second-order valence-electron chi connectivity index (χ2n) is 5.66. The second kappa shape index (κ2) is 8.07. The van der Waals surface area contributed by atoms with E-state index < -0.39 is 20.9 Å². The van der Waals surface area contributed by atoms with Gasteiger partial charge in [0.2, 0.25) is 10.0 Å². The van der Waals surface area contributed by atoms with Gasteiger partial charge in [-0.3, -0.25) is 0 Å². The number of primary sulfonamides is 1.